The molecule has 0 aliphatic heterocycles. The summed E-state index contributed by atoms with van der Waals surface area (Å²) < 4.78 is 31.8. The minimum absolute atomic E-state index is 0.135. The van der Waals surface area contributed by atoms with Crippen LogP contribution < -0.4 is 0 Å². The molecule has 0 bridgehead atoms. The third-order valence-corrected chi connectivity index (χ3v) is 4.09. The maximum Gasteiger partial charge on any atom is 0.305 e. The SMILES string of the molecule is CCCCCCCCC(=O)OCCOCCOCCOCCOCCOCCCl. The lowest BCUT2D eigenvalue weighted by Crippen LogP contribution is -2.15. The van der Waals surface area contributed by atoms with Crippen LogP contribution >= 0.6 is 11.6 Å². The fourth-order valence-electron chi connectivity index (χ4n) is 2.37. The van der Waals surface area contributed by atoms with Crippen LogP contribution in [-0.2, 0) is 33.2 Å². The van der Waals surface area contributed by atoms with Crippen LogP contribution in [0.25, 0.3) is 0 Å². The monoisotopic (exact) mass is 440 g/mol. The van der Waals surface area contributed by atoms with Gasteiger partial charge in [0.15, 0.2) is 0 Å². The summed E-state index contributed by atoms with van der Waals surface area (Å²) in [6.45, 7) is 7.58. The van der Waals surface area contributed by atoms with Crippen LogP contribution in [0.2, 0.25) is 0 Å². The third-order valence-electron chi connectivity index (χ3n) is 3.93. The van der Waals surface area contributed by atoms with Crippen molar-refractivity contribution in [3.8, 4) is 0 Å². The molecule has 0 amide bonds. The van der Waals surface area contributed by atoms with Crippen LogP contribution in [0.5, 0.6) is 0 Å². The van der Waals surface area contributed by atoms with Gasteiger partial charge in [-0.15, -0.1) is 11.6 Å². The summed E-state index contributed by atoms with van der Waals surface area (Å²) in [5.74, 6) is 0.366. The summed E-state index contributed by atoms with van der Waals surface area (Å²) >= 11 is 5.48. The zero-order chi connectivity index (χ0) is 21.3. The van der Waals surface area contributed by atoms with E-state index in [1.807, 2.05) is 0 Å². The molecule has 0 aromatic rings. The minimum atomic E-state index is -0.135. The van der Waals surface area contributed by atoms with Gasteiger partial charge in [-0.2, -0.15) is 0 Å². The summed E-state index contributed by atoms with van der Waals surface area (Å²) in [4.78, 5) is 11.6. The van der Waals surface area contributed by atoms with Crippen LogP contribution in [0.4, 0.5) is 0 Å². The zero-order valence-electron chi connectivity index (χ0n) is 18.2. The first-order valence-electron chi connectivity index (χ1n) is 10.9. The number of unbranched alkanes of at least 4 members (excludes halogenated alkanes) is 5. The minimum Gasteiger partial charge on any atom is -0.463 e. The van der Waals surface area contributed by atoms with Crippen molar-refractivity contribution in [2.24, 2.45) is 0 Å². The average Bonchev–Trinajstić information content (AvgIpc) is 2.73. The first-order valence-corrected chi connectivity index (χ1v) is 11.4. The van der Waals surface area contributed by atoms with E-state index in [-0.39, 0.29) is 5.97 Å². The van der Waals surface area contributed by atoms with Crippen molar-refractivity contribution in [3.05, 3.63) is 0 Å². The summed E-state index contributed by atoms with van der Waals surface area (Å²) in [7, 11) is 0. The molecule has 7 nitrogen and oxygen atoms in total. The quantitative estimate of drug-likeness (QED) is 0.129. The summed E-state index contributed by atoms with van der Waals surface area (Å²) in [5.41, 5.74) is 0. The molecule has 0 spiro atoms. The second-order valence-corrected chi connectivity index (χ2v) is 6.87. The Kier molecular flexibility index (Phi) is 25.2. The van der Waals surface area contributed by atoms with Crippen molar-refractivity contribution < 1.29 is 33.2 Å². The van der Waals surface area contributed by atoms with Crippen LogP contribution in [0.15, 0.2) is 0 Å². The number of carbonyl (C=O) groups excluding carboxylic acids is 1. The Morgan fingerprint density at radius 3 is 1.48 bits per heavy atom. The number of hydrogen-bond acceptors (Lipinski definition) is 7. The second kappa shape index (κ2) is 25.6. The van der Waals surface area contributed by atoms with E-state index in [1.165, 1.54) is 25.7 Å². The molecule has 0 aliphatic rings. The lowest BCUT2D eigenvalue weighted by molar-refractivity contribution is -0.145. The highest BCUT2D eigenvalue weighted by molar-refractivity contribution is 6.17. The third kappa shape index (κ3) is 25.5. The molecule has 0 saturated carbocycles. The number of ether oxygens (including phenoxy) is 6. The Labute approximate surface area is 181 Å². The van der Waals surface area contributed by atoms with Gasteiger partial charge in [0.1, 0.15) is 6.61 Å². The Morgan fingerprint density at radius 1 is 0.586 bits per heavy atom. The van der Waals surface area contributed by atoms with E-state index in [2.05, 4.69) is 6.92 Å². The van der Waals surface area contributed by atoms with Gasteiger partial charge in [0.05, 0.1) is 66.1 Å². The molecule has 0 fully saturated rings. The lowest BCUT2D eigenvalue weighted by atomic mass is 10.1. The van der Waals surface area contributed by atoms with Crippen molar-refractivity contribution in [3.63, 3.8) is 0 Å². The summed E-state index contributed by atoms with van der Waals surface area (Å²) in [5, 5.41) is 0. The molecule has 8 heteroatoms. The van der Waals surface area contributed by atoms with Gasteiger partial charge < -0.3 is 28.4 Å². The lowest BCUT2D eigenvalue weighted by Gasteiger charge is -2.08. The maximum atomic E-state index is 11.6. The van der Waals surface area contributed by atoms with E-state index in [0.717, 1.165) is 12.8 Å². The molecule has 174 valence electrons. The fraction of sp³-hybridized carbons (Fsp3) is 0.952. The molecule has 0 heterocycles. The standard InChI is InChI=1S/C21H41ClO7/c1-2-3-4-5-6-7-8-21(23)29-20-19-28-18-17-27-16-15-26-14-13-25-12-11-24-10-9-22/h2-20H2,1H3. The van der Waals surface area contributed by atoms with Crippen LogP contribution in [0.1, 0.15) is 51.9 Å². The smallest absolute Gasteiger partial charge is 0.305 e. The van der Waals surface area contributed by atoms with Gasteiger partial charge in [0.2, 0.25) is 0 Å². The van der Waals surface area contributed by atoms with Gasteiger partial charge in [0, 0.05) is 12.3 Å². The Hall–Kier alpha value is -0.440. The molecule has 0 N–H and O–H groups in total. The normalized spacial score (nSPS) is 11.1. The number of halogens is 1. The number of carbonyl (C=O) groups is 1. The molecule has 0 unspecified atom stereocenters. The van der Waals surface area contributed by atoms with Crippen molar-refractivity contribution in [1.29, 1.82) is 0 Å². The van der Waals surface area contributed by atoms with Gasteiger partial charge in [0.25, 0.3) is 0 Å². The van der Waals surface area contributed by atoms with Gasteiger partial charge in [-0.1, -0.05) is 39.0 Å². The molecule has 0 aromatic heterocycles. The molecular weight excluding hydrogens is 400 g/mol. The molecule has 29 heavy (non-hydrogen) atoms. The van der Waals surface area contributed by atoms with Crippen molar-refractivity contribution in [2.75, 3.05) is 78.6 Å². The van der Waals surface area contributed by atoms with Crippen LogP contribution in [0, 0.1) is 0 Å². The highest BCUT2D eigenvalue weighted by Crippen LogP contribution is 2.07. The second-order valence-electron chi connectivity index (χ2n) is 6.49. The van der Waals surface area contributed by atoms with E-state index < -0.39 is 0 Å². The highest BCUT2D eigenvalue weighted by atomic mass is 35.5. The zero-order valence-corrected chi connectivity index (χ0v) is 18.9. The number of esters is 1. The highest BCUT2D eigenvalue weighted by Gasteiger charge is 2.02. The van der Waals surface area contributed by atoms with Gasteiger partial charge >= 0.3 is 5.97 Å². The maximum absolute atomic E-state index is 11.6. The van der Waals surface area contributed by atoms with Gasteiger partial charge in [-0.25, -0.2) is 0 Å². The summed E-state index contributed by atoms with van der Waals surface area (Å²) in [6, 6.07) is 0. The first kappa shape index (κ1) is 28.6. The van der Waals surface area contributed by atoms with Crippen LogP contribution in [0.3, 0.4) is 0 Å². The Morgan fingerprint density at radius 2 is 1.00 bits per heavy atom. The van der Waals surface area contributed by atoms with Gasteiger partial charge in [-0.3, -0.25) is 4.79 Å². The molecular formula is C21H41ClO7. The van der Waals surface area contributed by atoms with Crippen molar-refractivity contribution in [1.82, 2.24) is 0 Å². The fourth-order valence-corrected chi connectivity index (χ4v) is 2.48. The Balaban J connectivity index is 3.10. The van der Waals surface area contributed by atoms with E-state index in [9.17, 15) is 4.79 Å². The van der Waals surface area contributed by atoms with Crippen LogP contribution in [-0.4, -0.2) is 84.5 Å². The molecule has 0 rings (SSSR count). The Bertz CT molecular complexity index is 332. The van der Waals surface area contributed by atoms with Gasteiger partial charge in [-0.05, 0) is 6.42 Å². The molecule has 0 radical (unpaired) electrons. The van der Waals surface area contributed by atoms with E-state index >= 15 is 0 Å². The largest absolute Gasteiger partial charge is 0.463 e. The average molecular weight is 441 g/mol. The van der Waals surface area contributed by atoms with E-state index in [1.54, 1.807) is 0 Å². The van der Waals surface area contributed by atoms with E-state index in [4.69, 9.17) is 40.0 Å². The topological polar surface area (TPSA) is 72.5 Å². The number of hydrogen-bond donors (Lipinski definition) is 0. The number of rotatable bonds is 24. The number of alkyl halides is 1. The van der Waals surface area contributed by atoms with Crippen molar-refractivity contribution in [2.45, 2.75) is 51.9 Å². The first-order chi connectivity index (χ1) is 14.3. The van der Waals surface area contributed by atoms with E-state index in [0.29, 0.717) is 85.0 Å². The predicted octanol–water partition coefficient (Wildman–Crippen LogP) is 3.60. The molecule has 0 aliphatic carbocycles. The molecule has 0 atom stereocenters. The summed E-state index contributed by atoms with van der Waals surface area (Å²) in [6.07, 6.45) is 7.49. The predicted molar refractivity (Wildman–Crippen MR) is 114 cm³/mol. The molecule has 0 saturated heterocycles. The van der Waals surface area contributed by atoms with Crippen molar-refractivity contribution >= 4 is 17.6 Å². The molecule has 0 aromatic carbocycles.